The number of Topliss-reactive ketones (excluding diaryl/α,β-unsaturated/α-hetero) is 1. The molecule has 1 aromatic heterocycles. The van der Waals surface area contributed by atoms with Crippen LogP contribution in [0.3, 0.4) is 0 Å². The van der Waals surface area contributed by atoms with E-state index < -0.39 is 23.5 Å². The van der Waals surface area contributed by atoms with Crippen molar-refractivity contribution in [3.8, 4) is 5.75 Å². The summed E-state index contributed by atoms with van der Waals surface area (Å²) in [5, 5.41) is 11.2. The Hall–Kier alpha value is -3.94. The van der Waals surface area contributed by atoms with Gasteiger partial charge in [0.1, 0.15) is 17.3 Å². The number of aryl methyl sites for hydroxylation is 1. The minimum atomic E-state index is -0.831. The number of aliphatic hydroxyl groups is 1. The van der Waals surface area contributed by atoms with Gasteiger partial charge in [-0.25, -0.2) is 9.37 Å². The van der Waals surface area contributed by atoms with Crippen molar-refractivity contribution in [2.75, 3.05) is 13.2 Å². The van der Waals surface area contributed by atoms with Crippen molar-refractivity contribution in [1.82, 2.24) is 14.5 Å². The number of likely N-dealkylation sites (tertiary alicyclic amines) is 1. The molecule has 0 saturated carbocycles. The van der Waals surface area contributed by atoms with Gasteiger partial charge < -0.3 is 19.3 Å². The Balaban J connectivity index is 1.68. The average Bonchev–Trinajstić information content (AvgIpc) is 3.47. The molecule has 2 heterocycles. The lowest BCUT2D eigenvalue weighted by atomic mass is 9.95. The molecular weight excluding hydrogens is 449 g/mol. The minimum Gasteiger partial charge on any atom is -0.507 e. The van der Waals surface area contributed by atoms with Gasteiger partial charge in [-0.2, -0.15) is 0 Å². The fourth-order valence-corrected chi connectivity index (χ4v) is 4.17. The van der Waals surface area contributed by atoms with Crippen molar-refractivity contribution >= 4 is 17.4 Å². The fourth-order valence-electron chi connectivity index (χ4n) is 4.17. The second-order valence-electron chi connectivity index (χ2n) is 8.43. The van der Waals surface area contributed by atoms with Gasteiger partial charge in [-0.05, 0) is 42.7 Å². The number of hydrogen-bond acceptors (Lipinski definition) is 5. The molecule has 1 N–H and O–H groups in total. The molecule has 2 aromatic carbocycles. The lowest BCUT2D eigenvalue weighted by molar-refractivity contribution is -0.139. The Morgan fingerprint density at radius 1 is 1.11 bits per heavy atom. The number of halogens is 1. The van der Waals surface area contributed by atoms with Crippen LogP contribution in [0.2, 0.25) is 0 Å². The van der Waals surface area contributed by atoms with E-state index in [9.17, 15) is 19.1 Å². The Bertz CT molecular complexity index is 1210. The quantitative estimate of drug-likeness (QED) is 0.198. The average molecular weight is 478 g/mol. The third-order valence-electron chi connectivity index (χ3n) is 5.97. The number of aromatic nitrogens is 2. The fraction of sp³-hybridized carbons (Fsp3) is 0.296. The molecular formula is C27H28FN3O4. The van der Waals surface area contributed by atoms with E-state index in [1.54, 1.807) is 36.8 Å². The van der Waals surface area contributed by atoms with Crippen molar-refractivity contribution in [1.29, 1.82) is 0 Å². The van der Waals surface area contributed by atoms with Crippen LogP contribution in [0.25, 0.3) is 5.76 Å². The van der Waals surface area contributed by atoms with E-state index in [1.165, 1.54) is 29.2 Å². The summed E-state index contributed by atoms with van der Waals surface area (Å²) in [5.41, 5.74) is 0.905. The molecule has 3 aromatic rings. The molecule has 4 rings (SSSR count). The van der Waals surface area contributed by atoms with Gasteiger partial charge in [-0.15, -0.1) is 0 Å². The molecule has 0 aliphatic carbocycles. The predicted molar refractivity (Wildman–Crippen MR) is 129 cm³/mol. The van der Waals surface area contributed by atoms with Crippen molar-refractivity contribution in [2.45, 2.75) is 38.8 Å². The van der Waals surface area contributed by atoms with Gasteiger partial charge in [0.25, 0.3) is 11.7 Å². The first kappa shape index (κ1) is 24.2. The normalized spacial score (nSPS) is 17.2. The predicted octanol–water partition coefficient (Wildman–Crippen LogP) is 4.71. The molecule has 1 amide bonds. The molecule has 182 valence electrons. The summed E-state index contributed by atoms with van der Waals surface area (Å²) >= 11 is 0. The van der Waals surface area contributed by atoms with E-state index in [4.69, 9.17) is 4.74 Å². The minimum absolute atomic E-state index is 0.0186. The number of imidazole rings is 1. The molecule has 1 unspecified atom stereocenters. The maximum atomic E-state index is 13.6. The number of rotatable bonds is 10. The molecule has 0 bridgehead atoms. The Morgan fingerprint density at radius 2 is 1.91 bits per heavy atom. The van der Waals surface area contributed by atoms with Crippen LogP contribution in [0, 0.1) is 5.82 Å². The first-order chi connectivity index (χ1) is 17.0. The number of ether oxygens (including phenoxy) is 1. The zero-order valence-corrected chi connectivity index (χ0v) is 19.6. The van der Waals surface area contributed by atoms with Crippen LogP contribution >= 0.6 is 0 Å². The van der Waals surface area contributed by atoms with Gasteiger partial charge in [-0.1, -0.05) is 37.6 Å². The molecule has 1 fully saturated rings. The molecule has 1 aliphatic heterocycles. The van der Waals surface area contributed by atoms with Crippen molar-refractivity contribution in [2.24, 2.45) is 0 Å². The number of unbranched alkanes of at least 4 members (excludes halogenated alkanes) is 1. The van der Waals surface area contributed by atoms with Crippen molar-refractivity contribution < 1.29 is 23.8 Å². The van der Waals surface area contributed by atoms with Crippen LogP contribution in [0.1, 0.15) is 43.4 Å². The SMILES string of the molecule is CCCCOc1cccc(/C(O)=C2\C(=O)C(=O)N(CCCn3ccnc3)C2c2ccc(F)cc2)c1. The Labute approximate surface area is 203 Å². The van der Waals surface area contributed by atoms with Crippen LogP contribution in [-0.4, -0.2) is 44.4 Å². The van der Waals surface area contributed by atoms with Crippen LogP contribution in [0.15, 0.2) is 72.8 Å². The molecule has 35 heavy (non-hydrogen) atoms. The molecule has 1 aliphatic rings. The van der Waals surface area contributed by atoms with Gasteiger partial charge in [0, 0.05) is 31.0 Å². The second-order valence-corrected chi connectivity index (χ2v) is 8.43. The summed E-state index contributed by atoms with van der Waals surface area (Å²) in [7, 11) is 0. The molecule has 0 radical (unpaired) electrons. The largest absolute Gasteiger partial charge is 0.507 e. The molecule has 8 heteroatoms. The summed E-state index contributed by atoms with van der Waals surface area (Å²) in [5.74, 6) is -1.60. The lowest BCUT2D eigenvalue weighted by Crippen LogP contribution is -2.31. The van der Waals surface area contributed by atoms with E-state index in [2.05, 4.69) is 11.9 Å². The van der Waals surface area contributed by atoms with Crippen molar-refractivity contribution in [3.05, 3.63) is 89.8 Å². The Kier molecular flexibility index (Phi) is 7.60. The number of ketones is 1. The third kappa shape index (κ3) is 5.42. The van der Waals surface area contributed by atoms with Gasteiger partial charge in [0.05, 0.1) is 24.5 Å². The lowest BCUT2D eigenvalue weighted by Gasteiger charge is -2.25. The molecule has 0 spiro atoms. The van der Waals surface area contributed by atoms with Gasteiger partial charge in [0.2, 0.25) is 0 Å². The standard InChI is InChI=1S/C27H28FN3O4/c1-2-3-16-35-22-7-4-6-20(17-22)25(32)23-24(19-8-10-21(28)11-9-19)31(27(34)26(23)33)14-5-13-30-15-12-29-18-30/h4,6-12,15,17-18,24,32H,2-3,5,13-14,16H2,1H3/b25-23+. The second kappa shape index (κ2) is 11.0. The molecule has 1 saturated heterocycles. The number of aliphatic hydroxyl groups excluding tert-OH is 1. The smallest absolute Gasteiger partial charge is 0.295 e. The van der Waals surface area contributed by atoms with Gasteiger partial charge in [-0.3, -0.25) is 9.59 Å². The van der Waals surface area contributed by atoms with Crippen molar-refractivity contribution in [3.63, 3.8) is 0 Å². The maximum absolute atomic E-state index is 13.6. The van der Waals surface area contributed by atoms with E-state index in [-0.39, 0.29) is 17.9 Å². The summed E-state index contributed by atoms with van der Waals surface area (Å²) in [4.78, 5) is 31.6. The van der Waals surface area contributed by atoms with Crippen LogP contribution in [0.4, 0.5) is 4.39 Å². The topological polar surface area (TPSA) is 84.7 Å². The van der Waals surface area contributed by atoms with E-state index in [0.29, 0.717) is 36.4 Å². The first-order valence-corrected chi connectivity index (χ1v) is 11.7. The summed E-state index contributed by atoms with van der Waals surface area (Å²) in [6.45, 7) is 3.49. The first-order valence-electron chi connectivity index (χ1n) is 11.7. The zero-order chi connectivity index (χ0) is 24.8. The highest BCUT2D eigenvalue weighted by molar-refractivity contribution is 6.46. The summed E-state index contributed by atoms with van der Waals surface area (Å²) in [6, 6.07) is 11.6. The number of benzene rings is 2. The van der Waals surface area contributed by atoms with Crippen LogP contribution in [-0.2, 0) is 16.1 Å². The van der Waals surface area contributed by atoms with E-state index in [0.717, 1.165) is 12.8 Å². The van der Waals surface area contributed by atoms with Crippen LogP contribution in [0.5, 0.6) is 5.75 Å². The summed E-state index contributed by atoms with van der Waals surface area (Å²) in [6.07, 6.45) is 7.63. The highest BCUT2D eigenvalue weighted by atomic mass is 19.1. The number of amides is 1. The number of hydrogen-bond donors (Lipinski definition) is 1. The van der Waals surface area contributed by atoms with E-state index in [1.807, 2.05) is 10.8 Å². The van der Waals surface area contributed by atoms with Gasteiger partial charge in [0.15, 0.2) is 0 Å². The number of nitrogens with zero attached hydrogens (tertiary/aromatic N) is 3. The molecule has 1 atom stereocenters. The summed E-state index contributed by atoms with van der Waals surface area (Å²) < 4.78 is 21.3. The number of carbonyl (C=O) groups excluding carboxylic acids is 2. The monoisotopic (exact) mass is 477 g/mol. The molecule has 7 nitrogen and oxygen atoms in total. The highest BCUT2D eigenvalue weighted by Gasteiger charge is 2.45. The Morgan fingerprint density at radius 3 is 2.63 bits per heavy atom. The van der Waals surface area contributed by atoms with Crippen LogP contribution < -0.4 is 4.74 Å². The number of carbonyl (C=O) groups is 2. The highest BCUT2D eigenvalue weighted by Crippen LogP contribution is 2.39. The van der Waals surface area contributed by atoms with E-state index >= 15 is 0 Å². The van der Waals surface area contributed by atoms with Gasteiger partial charge >= 0.3 is 0 Å². The zero-order valence-electron chi connectivity index (χ0n) is 19.6. The third-order valence-corrected chi connectivity index (χ3v) is 5.97. The maximum Gasteiger partial charge on any atom is 0.295 e.